The van der Waals surface area contributed by atoms with E-state index in [1.54, 1.807) is 0 Å². The zero-order valence-corrected chi connectivity index (χ0v) is 20.0. The summed E-state index contributed by atoms with van der Waals surface area (Å²) in [7, 11) is 4.00. The lowest BCUT2D eigenvalue weighted by Gasteiger charge is -2.36. The van der Waals surface area contributed by atoms with E-state index in [2.05, 4.69) is 58.7 Å². The Labute approximate surface area is 204 Å². The highest BCUT2D eigenvalue weighted by Crippen LogP contribution is 2.29. The van der Waals surface area contributed by atoms with Gasteiger partial charge in [0.2, 0.25) is 0 Å². The smallest absolute Gasteiger partial charge is 0.288 e. The number of carbonyl (C=O) groups is 1. The molecule has 1 N–H and O–H groups in total. The Bertz CT molecular complexity index is 1200. The van der Waals surface area contributed by atoms with E-state index in [9.17, 15) is 14.9 Å². The molecule has 1 aliphatic heterocycles. The topological polar surface area (TPSA) is 78.7 Å². The lowest BCUT2D eigenvalue weighted by molar-refractivity contribution is -0.384. The van der Waals surface area contributed by atoms with Crippen molar-refractivity contribution < 1.29 is 9.72 Å². The Morgan fingerprint density at radius 3 is 2.50 bits per heavy atom. The standard InChI is InChI=1S/C26H27ClN4O3/c1-29(2)22-10-7-19(8-11-22)25(30-14-13-18-5-3-4-6-21(18)17-30)16-28-26(32)20-9-12-23(27)24(15-20)31(33)34/h3-12,15,25H,13-14,16-17H2,1-2H3,(H,28,32). The van der Waals surface area contributed by atoms with Gasteiger partial charge in [0.15, 0.2) is 0 Å². The third-order valence-corrected chi connectivity index (χ3v) is 6.58. The monoisotopic (exact) mass is 478 g/mol. The van der Waals surface area contributed by atoms with Crippen LogP contribution >= 0.6 is 11.6 Å². The van der Waals surface area contributed by atoms with E-state index >= 15 is 0 Å². The van der Waals surface area contributed by atoms with Crippen LogP contribution in [0.1, 0.15) is 33.1 Å². The molecular weight excluding hydrogens is 452 g/mol. The number of hydrogen-bond acceptors (Lipinski definition) is 5. The molecule has 0 fully saturated rings. The Morgan fingerprint density at radius 2 is 1.82 bits per heavy atom. The molecule has 176 valence electrons. The number of fused-ring (bicyclic) bond motifs is 1. The first-order valence-electron chi connectivity index (χ1n) is 11.1. The van der Waals surface area contributed by atoms with E-state index in [1.165, 1.54) is 29.3 Å². The van der Waals surface area contributed by atoms with Crippen LogP contribution < -0.4 is 10.2 Å². The fourth-order valence-electron chi connectivity index (χ4n) is 4.32. The number of nitro groups is 1. The van der Waals surface area contributed by atoms with Crippen LogP contribution in [-0.2, 0) is 13.0 Å². The van der Waals surface area contributed by atoms with Crippen molar-refractivity contribution in [1.82, 2.24) is 10.2 Å². The second-order valence-electron chi connectivity index (χ2n) is 8.62. The molecule has 0 saturated carbocycles. The molecule has 4 rings (SSSR count). The van der Waals surface area contributed by atoms with Crippen LogP contribution in [0.3, 0.4) is 0 Å². The average molecular weight is 479 g/mol. The van der Waals surface area contributed by atoms with Crippen molar-refractivity contribution in [3.63, 3.8) is 0 Å². The zero-order chi connectivity index (χ0) is 24.2. The van der Waals surface area contributed by atoms with Gasteiger partial charge in [0.25, 0.3) is 11.6 Å². The van der Waals surface area contributed by atoms with Crippen LogP contribution in [-0.4, -0.2) is 42.9 Å². The van der Waals surface area contributed by atoms with E-state index < -0.39 is 4.92 Å². The first-order chi connectivity index (χ1) is 16.3. The predicted octanol–water partition coefficient (Wildman–Crippen LogP) is 4.84. The van der Waals surface area contributed by atoms with Gasteiger partial charge in [0.05, 0.1) is 11.0 Å². The number of hydrogen-bond donors (Lipinski definition) is 1. The summed E-state index contributed by atoms with van der Waals surface area (Å²) in [4.78, 5) is 27.9. The molecule has 1 atom stereocenters. The Morgan fingerprint density at radius 1 is 1.12 bits per heavy atom. The third kappa shape index (κ3) is 5.21. The lowest BCUT2D eigenvalue weighted by atomic mass is 9.96. The van der Waals surface area contributed by atoms with Crippen molar-refractivity contribution in [1.29, 1.82) is 0 Å². The second-order valence-corrected chi connectivity index (χ2v) is 9.03. The van der Waals surface area contributed by atoms with Gasteiger partial charge >= 0.3 is 0 Å². The molecule has 3 aromatic carbocycles. The van der Waals surface area contributed by atoms with E-state index in [1.807, 2.05) is 19.0 Å². The SMILES string of the molecule is CN(C)c1ccc(C(CNC(=O)c2ccc(Cl)c([N+](=O)[O-])c2)N2CCc3ccccc3C2)cc1. The summed E-state index contributed by atoms with van der Waals surface area (Å²) in [6, 6.07) is 20.8. The fourth-order valence-corrected chi connectivity index (χ4v) is 4.51. The lowest BCUT2D eigenvalue weighted by Crippen LogP contribution is -2.40. The van der Waals surface area contributed by atoms with Crippen LogP contribution in [0.15, 0.2) is 66.7 Å². The Kier molecular flexibility index (Phi) is 7.14. The highest BCUT2D eigenvalue weighted by molar-refractivity contribution is 6.32. The number of amides is 1. The first kappa shape index (κ1) is 23.7. The molecule has 8 heteroatoms. The summed E-state index contributed by atoms with van der Waals surface area (Å²) in [5, 5.41) is 14.2. The van der Waals surface area contributed by atoms with Crippen molar-refractivity contribution in [2.45, 2.75) is 19.0 Å². The highest BCUT2D eigenvalue weighted by atomic mass is 35.5. The third-order valence-electron chi connectivity index (χ3n) is 6.26. The van der Waals surface area contributed by atoms with Gasteiger partial charge in [-0.25, -0.2) is 0 Å². The molecule has 0 bridgehead atoms. The maximum Gasteiger partial charge on any atom is 0.288 e. The summed E-state index contributed by atoms with van der Waals surface area (Å²) < 4.78 is 0. The van der Waals surface area contributed by atoms with E-state index in [0.717, 1.165) is 30.8 Å². The van der Waals surface area contributed by atoms with E-state index in [4.69, 9.17) is 11.6 Å². The molecule has 0 aliphatic carbocycles. The molecular formula is C26H27ClN4O3. The number of benzene rings is 3. The molecule has 1 heterocycles. The molecule has 34 heavy (non-hydrogen) atoms. The van der Waals surface area contributed by atoms with Gasteiger partial charge in [-0.2, -0.15) is 0 Å². The fraction of sp³-hybridized carbons (Fsp3) is 0.269. The molecule has 1 aliphatic rings. The van der Waals surface area contributed by atoms with Crippen molar-refractivity contribution in [2.24, 2.45) is 0 Å². The first-order valence-corrected chi connectivity index (χ1v) is 11.5. The number of rotatable bonds is 7. The summed E-state index contributed by atoms with van der Waals surface area (Å²) in [6.07, 6.45) is 0.944. The largest absolute Gasteiger partial charge is 0.378 e. The summed E-state index contributed by atoms with van der Waals surface area (Å²) in [5.41, 5.74) is 4.79. The van der Waals surface area contributed by atoms with Crippen LogP contribution in [0.5, 0.6) is 0 Å². The minimum absolute atomic E-state index is 0.00684. The average Bonchev–Trinajstić information content (AvgIpc) is 2.84. The van der Waals surface area contributed by atoms with Crippen LogP contribution in [0, 0.1) is 10.1 Å². The van der Waals surface area contributed by atoms with Crippen molar-refractivity contribution in [3.8, 4) is 0 Å². The van der Waals surface area contributed by atoms with Crippen LogP contribution in [0.4, 0.5) is 11.4 Å². The number of carbonyl (C=O) groups excluding carboxylic acids is 1. The quantitative estimate of drug-likeness (QED) is 0.388. The van der Waals surface area contributed by atoms with E-state index in [-0.39, 0.29) is 28.2 Å². The summed E-state index contributed by atoms with van der Waals surface area (Å²) in [6.45, 7) is 2.04. The summed E-state index contributed by atoms with van der Waals surface area (Å²) in [5.74, 6) is -0.368. The van der Waals surface area contributed by atoms with Gasteiger partial charge in [0, 0.05) is 51.0 Å². The predicted molar refractivity (Wildman–Crippen MR) is 135 cm³/mol. The molecule has 0 radical (unpaired) electrons. The van der Waals surface area contributed by atoms with E-state index in [0.29, 0.717) is 6.54 Å². The minimum atomic E-state index is -0.584. The number of nitro benzene ring substituents is 1. The molecule has 1 amide bonds. The van der Waals surface area contributed by atoms with Gasteiger partial charge in [-0.15, -0.1) is 0 Å². The molecule has 1 unspecified atom stereocenters. The maximum atomic E-state index is 12.9. The number of nitrogens with one attached hydrogen (secondary N) is 1. The molecule has 0 spiro atoms. The van der Waals surface area contributed by atoms with Crippen molar-refractivity contribution >= 4 is 28.9 Å². The number of nitrogens with zero attached hydrogens (tertiary/aromatic N) is 3. The van der Waals surface area contributed by atoms with Crippen LogP contribution in [0.25, 0.3) is 0 Å². The van der Waals surface area contributed by atoms with Gasteiger partial charge in [-0.3, -0.25) is 19.8 Å². The molecule has 0 saturated heterocycles. The van der Waals surface area contributed by atoms with Gasteiger partial charge in [0.1, 0.15) is 5.02 Å². The molecule has 3 aromatic rings. The molecule has 7 nitrogen and oxygen atoms in total. The van der Waals surface area contributed by atoms with Crippen LogP contribution in [0.2, 0.25) is 5.02 Å². The number of halogens is 1. The van der Waals surface area contributed by atoms with Gasteiger partial charge < -0.3 is 10.2 Å². The Hall–Kier alpha value is -3.42. The second kappa shape index (κ2) is 10.2. The normalized spacial score (nSPS) is 14.2. The summed E-state index contributed by atoms with van der Waals surface area (Å²) >= 11 is 5.90. The van der Waals surface area contributed by atoms with Crippen molar-refractivity contribution in [3.05, 3.63) is 104 Å². The Balaban J connectivity index is 1.57. The maximum absolute atomic E-state index is 12.9. The minimum Gasteiger partial charge on any atom is -0.378 e. The van der Waals surface area contributed by atoms with Gasteiger partial charge in [-0.05, 0) is 47.4 Å². The zero-order valence-electron chi connectivity index (χ0n) is 19.2. The number of anilines is 1. The molecule has 0 aromatic heterocycles. The van der Waals surface area contributed by atoms with Crippen molar-refractivity contribution in [2.75, 3.05) is 32.1 Å². The van der Waals surface area contributed by atoms with Gasteiger partial charge in [-0.1, -0.05) is 48.0 Å². The highest BCUT2D eigenvalue weighted by Gasteiger charge is 2.26.